The van der Waals surface area contributed by atoms with Gasteiger partial charge < -0.3 is 9.73 Å². The van der Waals surface area contributed by atoms with Gasteiger partial charge in [0.15, 0.2) is 5.58 Å². The van der Waals surface area contributed by atoms with Crippen molar-refractivity contribution in [2.24, 2.45) is 0 Å². The molecule has 0 atom stereocenters. The minimum Gasteiger partial charge on any atom is -0.436 e. The lowest BCUT2D eigenvalue weighted by Crippen LogP contribution is -2.13. The molecular formula is C22H16Cl2N2O2. The maximum atomic E-state index is 12.7. The van der Waals surface area contributed by atoms with Gasteiger partial charge >= 0.3 is 0 Å². The summed E-state index contributed by atoms with van der Waals surface area (Å²) in [6.07, 6.45) is 0. The van der Waals surface area contributed by atoms with Gasteiger partial charge in [0.05, 0.1) is 15.6 Å². The van der Waals surface area contributed by atoms with Crippen LogP contribution in [0.4, 0.5) is 5.69 Å². The highest BCUT2D eigenvalue weighted by Crippen LogP contribution is 2.30. The van der Waals surface area contributed by atoms with Gasteiger partial charge in [-0.25, -0.2) is 4.98 Å². The fraction of sp³-hybridized carbons (Fsp3) is 0.0909. The zero-order valence-electron chi connectivity index (χ0n) is 15.2. The number of halogens is 2. The van der Waals surface area contributed by atoms with Crippen molar-refractivity contribution >= 4 is 45.9 Å². The number of hydrogen-bond donors (Lipinski definition) is 1. The molecule has 4 rings (SSSR count). The Morgan fingerprint density at radius 2 is 1.86 bits per heavy atom. The SMILES string of the molecule is Cc1ccc2nc(-c3ccc(C)c(NC(=O)c4cccc(Cl)c4Cl)c3)oc2c1. The van der Waals surface area contributed by atoms with Crippen LogP contribution >= 0.6 is 23.2 Å². The summed E-state index contributed by atoms with van der Waals surface area (Å²) in [4.78, 5) is 17.2. The summed E-state index contributed by atoms with van der Waals surface area (Å²) < 4.78 is 5.89. The highest BCUT2D eigenvalue weighted by atomic mass is 35.5. The van der Waals surface area contributed by atoms with E-state index in [0.29, 0.717) is 22.2 Å². The first-order valence-corrected chi connectivity index (χ1v) is 9.41. The predicted molar refractivity (Wildman–Crippen MR) is 113 cm³/mol. The number of hydrogen-bond acceptors (Lipinski definition) is 3. The number of fused-ring (bicyclic) bond motifs is 1. The topological polar surface area (TPSA) is 55.1 Å². The van der Waals surface area contributed by atoms with E-state index in [-0.39, 0.29) is 10.9 Å². The smallest absolute Gasteiger partial charge is 0.257 e. The van der Waals surface area contributed by atoms with Crippen molar-refractivity contribution in [2.45, 2.75) is 13.8 Å². The maximum Gasteiger partial charge on any atom is 0.257 e. The van der Waals surface area contributed by atoms with E-state index in [0.717, 1.165) is 27.8 Å². The van der Waals surface area contributed by atoms with Crippen LogP contribution in [-0.2, 0) is 0 Å². The summed E-state index contributed by atoms with van der Waals surface area (Å²) in [6, 6.07) is 16.5. The third-order valence-electron chi connectivity index (χ3n) is 4.47. The largest absolute Gasteiger partial charge is 0.436 e. The van der Waals surface area contributed by atoms with E-state index in [1.54, 1.807) is 18.2 Å². The number of aryl methyl sites for hydroxylation is 2. The standard InChI is InChI=1S/C22H16Cl2N2O2/c1-12-6-9-17-19(10-12)28-22(26-17)14-8-7-13(2)18(11-14)25-21(27)15-4-3-5-16(23)20(15)24/h3-11H,1-2H3,(H,25,27). The van der Waals surface area contributed by atoms with Gasteiger partial charge in [-0.3, -0.25) is 4.79 Å². The molecule has 3 aromatic carbocycles. The fourth-order valence-electron chi connectivity index (χ4n) is 2.91. The third-order valence-corrected chi connectivity index (χ3v) is 5.29. The second-order valence-corrected chi connectivity index (χ2v) is 7.36. The number of amides is 1. The molecule has 0 fully saturated rings. The van der Waals surface area contributed by atoms with Gasteiger partial charge in [-0.05, 0) is 61.4 Å². The first-order valence-electron chi connectivity index (χ1n) is 8.66. The number of carbonyl (C=O) groups is 1. The van der Waals surface area contributed by atoms with Crippen molar-refractivity contribution in [1.82, 2.24) is 4.98 Å². The quantitative estimate of drug-likeness (QED) is 0.410. The molecule has 0 bridgehead atoms. The van der Waals surface area contributed by atoms with Gasteiger partial charge in [0.2, 0.25) is 5.89 Å². The van der Waals surface area contributed by atoms with Crippen LogP contribution in [0.3, 0.4) is 0 Å². The molecule has 0 radical (unpaired) electrons. The van der Waals surface area contributed by atoms with Crippen LogP contribution in [0.1, 0.15) is 21.5 Å². The predicted octanol–water partition coefficient (Wildman–Crippen LogP) is 6.67. The van der Waals surface area contributed by atoms with Gasteiger partial charge in [0.25, 0.3) is 5.91 Å². The highest BCUT2D eigenvalue weighted by molar-refractivity contribution is 6.44. The Morgan fingerprint density at radius 3 is 2.68 bits per heavy atom. The summed E-state index contributed by atoms with van der Waals surface area (Å²) in [5, 5.41) is 3.46. The van der Waals surface area contributed by atoms with Crippen LogP contribution in [0.25, 0.3) is 22.6 Å². The molecule has 0 aliphatic carbocycles. The molecular weight excluding hydrogens is 395 g/mol. The molecule has 28 heavy (non-hydrogen) atoms. The Bertz CT molecular complexity index is 1210. The minimum absolute atomic E-state index is 0.227. The lowest BCUT2D eigenvalue weighted by Gasteiger charge is -2.11. The average Bonchev–Trinajstić information content (AvgIpc) is 3.08. The average molecular weight is 411 g/mol. The maximum absolute atomic E-state index is 12.7. The van der Waals surface area contributed by atoms with Crippen LogP contribution < -0.4 is 5.32 Å². The van der Waals surface area contributed by atoms with Crippen molar-refractivity contribution in [3.8, 4) is 11.5 Å². The van der Waals surface area contributed by atoms with Crippen LogP contribution in [0.2, 0.25) is 10.0 Å². The van der Waals surface area contributed by atoms with E-state index in [9.17, 15) is 4.79 Å². The molecule has 4 aromatic rings. The van der Waals surface area contributed by atoms with E-state index in [1.807, 2.05) is 50.2 Å². The first-order chi connectivity index (χ1) is 13.4. The van der Waals surface area contributed by atoms with Crippen molar-refractivity contribution in [2.75, 3.05) is 5.32 Å². The Labute approximate surface area is 172 Å². The second-order valence-electron chi connectivity index (χ2n) is 6.58. The monoisotopic (exact) mass is 410 g/mol. The third kappa shape index (κ3) is 3.49. The molecule has 1 aromatic heterocycles. The van der Waals surface area contributed by atoms with Crippen molar-refractivity contribution in [3.63, 3.8) is 0 Å². The zero-order valence-corrected chi connectivity index (χ0v) is 16.7. The van der Waals surface area contributed by atoms with Crippen molar-refractivity contribution in [3.05, 3.63) is 81.3 Å². The number of nitrogens with zero attached hydrogens (tertiary/aromatic N) is 1. The molecule has 1 heterocycles. The molecule has 0 spiro atoms. The molecule has 140 valence electrons. The van der Waals surface area contributed by atoms with Crippen LogP contribution in [0.5, 0.6) is 0 Å². The Hall–Kier alpha value is -2.82. The van der Waals surface area contributed by atoms with E-state index in [1.165, 1.54) is 0 Å². The zero-order chi connectivity index (χ0) is 19.8. The lowest BCUT2D eigenvalue weighted by atomic mass is 10.1. The number of anilines is 1. The van der Waals surface area contributed by atoms with Gasteiger partial charge in [-0.1, -0.05) is 41.4 Å². The Morgan fingerprint density at radius 1 is 1.04 bits per heavy atom. The normalized spacial score (nSPS) is 11.0. The molecule has 6 heteroatoms. The lowest BCUT2D eigenvalue weighted by molar-refractivity contribution is 0.102. The summed E-state index contributed by atoms with van der Waals surface area (Å²) in [5.74, 6) is 0.165. The van der Waals surface area contributed by atoms with Crippen LogP contribution in [0, 0.1) is 13.8 Å². The fourth-order valence-corrected chi connectivity index (χ4v) is 3.30. The number of aromatic nitrogens is 1. The van der Waals surface area contributed by atoms with Gasteiger partial charge in [0.1, 0.15) is 5.52 Å². The number of nitrogens with one attached hydrogen (secondary N) is 1. The number of oxazole rings is 1. The number of carbonyl (C=O) groups excluding carboxylic acids is 1. The summed E-state index contributed by atoms with van der Waals surface area (Å²) in [6.45, 7) is 3.91. The Kier molecular flexibility index (Phi) is 4.84. The van der Waals surface area contributed by atoms with E-state index < -0.39 is 0 Å². The molecule has 4 nitrogen and oxygen atoms in total. The molecule has 1 amide bonds. The number of benzene rings is 3. The van der Waals surface area contributed by atoms with Crippen LogP contribution in [-0.4, -0.2) is 10.9 Å². The molecule has 0 aliphatic heterocycles. The van der Waals surface area contributed by atoms with Crippen LogP contribution in [0.15, 0.2) is 59.0 Å². The van der Waals surface area contributed by atoms with Crippen molar-refractivity contribution in [1.29, 1.82) is 0 Å². The van der Waals surface area contributed by atoms with Gasteiger partial charge in [-0.2, -0.15) is 0 Å². The summed E-state index contributed by atoms with van der Waals surface area (Å²) >= 11 is 12.2. The molecule has 0 saturated carbocycles. The number of rotatable bonds is 3. The summed E-state index contributed by atoms with van der Waals surface area (Å²) in [7, 11) is 0. The van der Waals surface area contributed by atoms with Gasteiger partial charge in [-0.15, -0.1) is 0 Å². The minimum atomic E-state index is -0.332. The first kappa shape index (κ1) is 18.5. The molecule has 0 unspecified atom stereocenters. The van der Waals surface area contributed by atoms with Crippen molar-refractivity contribution < 1.29 is 9.21 Å². The van der Waals surface area contributed by atoms with Gasteiger partial charge in [0, 0.05) is 11.3 Å². The second kappa shape index (κ2) is 7.30. The van der Waals surface area contributed by atoms with E-state index in [4.69, 9.17) is 27.6 Å². The molecule has 0 aliphatic rings. The van der Waals surface area contributed by atoms with E-state index in [2.05, 4.69) is 10.3 Å². The summed E-state index contributed by atoms with van der Waals surface area (Å²) in [5.41, 5.74) is 5.26. The molecule has 0 saturated heterocycles. The molecule has 1 N–H and O–H groups in total. The Balaban J connectivity index is 1.68. The van der Waals surface area contributed by atoms with E-state index >= 15 is 0 Å². The highest BCUT2D eigenvalue weighted by Gasteiger charge is 2.15.